The van der Waals surface area contributed by atoms with Crippen LogP contribution in [0, 0.1) is 0 Å². The molecule has 112 valence electrons. The Labute approximate surface area is 126 Å². The Morgan fingerprint density at radius 3 is 2.76 bits per heavy atom. The molecule has 0 aliphatic heterocycles. The van der Waals surface area contributed by atoms with Crippen LogP contribution in [0.25, 0.3) is 0 Å². The Morgan fingerprint density at radius 2 is 2.10 bits per heavy atom. The summed E-state index contributed by atoms with van der Waals surface area (Å²) in [7, 11) is -3.82. The van der Waals surface area contributed by atoms with E-state index in [4.69, 9.17) is 16.7 Å². The Kier molecular flexibility index (Phi) is 4.49. The molecule has 1 aromatic heterocycles. The molecule has 1 aromatic carbocycles. The van der Waals surface area contributed by atoms with Crippen LogP contribution in [0.3, 0.4) is 0 Å². The van der Waals surface area contributed by atoms with E-state index in [1.165, 1.54) is 16.9 Å². The average molecular weight is 330 g/mol. The SMILES string of the molecule is O=C(O)CCn1cc(S(=O)(=O)Nc2ccccc2Cl)cn1. The second-order valence-electron chi connectivity index (χ2n) is 4.17. The summed E-state index contributed by atoms with van der Waals surface area (Å²) in [5.41, 5.74) is 0.262. The van der Waals surface area contributed by atoms with Crippen molar-refractivity contribution in [2.75, 3.05) is 4.72 Å². The molecule has 2 N–H and O–H groups in total. The Bertz CT molecular complexity index is 757. The average Bonchev–Trinajstić information content (AvgIpc) is 2.88. The number of halogens is 1. The van der Waals surface area contributed by atoms with Gasteiger partial charge in [0.2, 0.25) is 0 Å². The van der Waals surface area contributed by atoms with E-state index in [0.29, 0.717) is 0 Å². The number of hydrogen-bond donors (Lipinski definition) is 2. The maximum atomic E-state index is 12.2. The number of para-hydroxylation sites is 1. The molecule has 0 radical (unpaired) electrons. The van der Waals surface area contributed by atoms with Crippen LogP contribution >= 0.6 is 11.6 Å². The first-order valence-electron chi connectivity index (χ1n) is 5.90. The number of nitrogens with one attached hydrogen (secondary N) is 1. The Balaban J connectivity index is 2.17. The predicted molar refractivity (Wildman–Crippen MR) is 76.7 cm³/mol. The summed E-state index contributed by atoms with van der Waals surface area (Å²) in [6.07, 6.45) is 2.28. The van der Waals surface area contributed by atoms with E-state index in [1.807, 2.05) is 0 Å². The molecule has 0 bridgehead atoms. The summed E-state index contributed by atoms with van der Waals surface area (Å²) in [4.78, 5) is 10.4. The van der Waals surface area contributed by atoms with Gasteiger partial charge < -0.3 is 5.11 Å². The maximum Gasteiger partial charge on any atom is 0.305 e. The van der Waals surface area contributed by atoms with Gasteiger partial charge in [0.15, 0.2) is 0 Å². The van der Waals surface area contributed by atoms with E-state index in [9.17, 15) is 13.2 Å². The molecule has 7 nitrogen and oxygen atoms in total. The number of rotatable bonds is 6. The summed E-state index contributed by atoms with van der Waals surface area (Å²) in [6, 6.07) is 6.44. The van der Waals surface area contributed by atoms with Gasteiger partial charge in [-0.15, -0.1) is 0 Å². The molecule has 0 atom stereocenters. The molecule has 21 heavy (non-hydrogen) atoms. The molecule has 0 aliphatic rings. The molecule has 0 saturated heterocycles. The van der Waals surface area contributed by atoms with Gasteiger partial charge in [0.05, 0.1) is 29.9 Å². The van der Waals surface area contributed by atoms with Gasteiger partial charge in [-0.1, -0.05) is 23.7 Å². The predicted octanol–water partition coefficient (Wildman–Crippen LogP) is 1.81. The van der Waals surface area contributed by atoms with Crippen molar-refractivity contribution in [1.29, 1.82) is 0 Å². The van der Waals surface area contributed by atoms with Crippen molar-refractivity contribution in [3.63, 3.8) is 0 Å². The fourth-order valence-corrected chi connectivity index (χ4v) is 2.83. The third-order valence-corrected chi connectivity index (χ3v) is 4.24. The van der Waals surface area contributed by atoms with Crippen LogP contribution in [0.5, 0.6) is 0 Å². The second kappa shape index (κ2) is 6.15. The molecule has 0 aliphatic carbocycles. The minimum absolute atomic E-state index is 0.0622. The fraction of sp³-hybridized carbons (Fsp3) is 0.167. The lowest BCUT2D eigenvalue weighted by Gasteiger charge is -2.07. The number of aromatic nitrogens is 2. The molecule has 9 heteroatoms. The molecule has 1 heterocycles. The number of aryl methyl sites for hydroxylation is 1. The van der Waals surface area contributed by atoms with Gasteiger partial charge in [0.25, 0.3) is 10.0 Å². The number of sulfonamides is 1. The summed E-state index contributed by atoms with van der Waals surface area (Å²) in [5, 5.41) is 12.7. The van der Waals surface area contributed by atoms with Crippen molar-refractivity contribution in [1.82, 2.24) is 9.78 Å². The number of hydrogen-bond acceptors (Lipinski definition) is 4. The summed E-state index contributed by atoms with van der Waals surface area (Å²) < 4.78 is 27.9. The van der Waals surface area contributed by atoms with Crippen LogP contribution in [-0.4, -0.2) is 29.3 Å². The van der Waals surface area contributed by atoms with Gasteiger partial charge in [-0.2, -0.15) is 5.10 Å². The van der Waals surface area contributed by atoms with E-state index in [-0.39, 0.29) is 28.6 Å². The van der Waals surface area contributed by atoms with Gasteiger partial charge in [0.1, 0.15) is 4.90 Å². The number of carboxylic acids is 1. The number of anilines is 1. The lowest BCUT2D eigenvalue weighted by molar-refractivity contribution is -0.137. The van der Waals surface area contributed by atoms with E-state index in [0.717, 1.165) is 6.20 Å². The van der Waals surface area contributed by atoms with Gasteiger partial charge in [-0.3, -0.25) is 14.2 Å². The molecular weight excluding hydrogens is 318 g/mol. The van der Waals surface area contributed by atoms with Crippen LogP contribution in [0.1, 0.15) is 6.42 Å². The molecule has 0 fully saturated rings. The van der Waals surface area contributed by atoms with Crippen molar-refractivity contribution in [3.8, 4) is 0 Å². The van der Waals surface area contributed by atoms with Gasteiger partial charge in [0, 0.05) is 6.20 Å². The van der Waals surface area contributed by atoms with E-state index in [1.54, 1.807) is 18.2 Å². The molecular formula is C12H12ClN3O4S. The lowest BCUT2D eigenvalue weighted by Crippen LogP contribution is -2.12. The zero-order valence-electron chi connectivity index (χ0n) is 10.7. The quantitative estimate of drug-likeness (QED) is 0.841. The van der Waals surface area contributed by atoms with Crippen molar-refractivity contribution < 1.29 is 18.3 Å². The highest BCUT2D eigenvalue weighted by Crippen LogP contribution is 2.23. The first-order valence-corrected chi connectivity index (χ1v) is 7.76. The lowest BCUT2D eigenvalue weighted by atomic mass is 10.3. The monoisotopic (exact) mass is 329 g/mol. The normalized spacial score (nSPS) is 11.3. The van der Waals surface area contributed by atoms with E-state index >= 15 is 0 Å². The van der Waals surface area contributed by atoms with Gasteiger partial charge >= 0.3 is 5.97 Å². The standard InChI is InChI=1S/C12H12ClN3O4S/c13-10-3-1-2-4-11(10)15-21(19,20)9-7-14-16(8-9)6-5-12(17)18/h1-4,7-8,15H,5-6H2,(H,17,18). The topological polar surface area (TPSA) is 101 Å². The van der Waals surface area contributed by atoms with Gasteiger partial charge in [-0.05, 0) is 12.1 Å². The summed E-state index contributed by atoms with van der Waals surface area (Å²) in [5.74, 6) is -0.982. The molecule has 0 unspecified atom stereocenters. The minimum Gasteiger partial charge on any atom is -0.481 e. The van der Waals surface area contributed by atoms with Crippen LogP contribution in [0.4, 0.5) is 5.69 Å². The highest BCUT2D eigenvalue weighted by molar-refractivity contribution is 7.92. The number of aliphatic carboxylic acids is 1. The highest BCUT2D eigenvalue weighted by Gasteiger charge is 2.18. The molecule has 2 rings (SSSR count). The first-order chi connectivity index (χ1) is 9.88. The Morgan fingerprint density at radius 1 is 1.38 bits per heavy atom. The van der Waals surface area contributed by atoms with Crippen molar-refractivity contribution in [2.45, 2.75) is 17.9 Å². The Hall–Kier alpha value is -2.06. The number of benzene rings is 1. The number of carboxylic acid groups (broad SMARTS) is 1. The zero-order chi connectivity index (χ0) is 15.5. The van der Waals surface area contributed by atoms with Crippen LogP contribution in [0.15, 0.2) is 41.6 Å². The smallest absolute Gasteiger partial charge is 0.305 e. The minimum atomic E-state index is -3.82. The molecule has 2 aromatic rings. The number of carbonyl (C=O) groups is 1. The van der Waals surface area contributed by atoms with E-state index < -0.39 is 16.0 Å². The second-order valence-corrected chi connectivity index (χ2v) is 6.26. The third-order valence-electron chi connectivity index (χ3n) is 2.59. The molecule has 0 saturated carbocycles. The van der Waals surface area contributed by atoms with Gasteiger partial charge in [-0.25, -0.2) is 8.42 Å². The molecule has 0 amide bonds. The summed E-state index contributed by atoms with van der Waals surface area (Å²) in [6.45, 7) is 0.0942. The van der Waals surface area contributed by atoms with Crippen molar-refractivity contribution in [2.24, 2.45) is 0 Å². The van der Waals surface area contributed by atoms with Crippen LogP contribution < -0.4 is 4.72 Å². The van der Waals surface area contributed by atoms with E-state index in [2.05, 4.69) is 9.82 Å². The van der Waals surface area contributed by atoms with Crippen molar-refractivity contribution >= 4 is 33.3 Å². The zero-order valence-corrected chi connectivity index (χ0v) is 12.3. The largest absolute Gasteiger partial charge is 0.481 e. The van der Waals surface area contributed by atoms with Crippen LogP contribution in [-0.2, 0) is 21.4 Å². The van der Waals surface area contributed by atoms with Crippen LogP contribution in [0.2, 0.25) is 5.02 Å². The molecule has 0 spiro atoms. The highest BCUT2D eigenvalue weighted by atomic mass is 35.5. The summed E-state index contributed by atoms with van der Waals surface area (Å²) >= 11 is 5.89. The third kappa shape index (κ3) is 3.96. The first kappa shape index (κ1) is 15.3. The van der Waals surface area contributed by atoms with Crippen molar-refractivity contribution in [3.05, 3.63) is 41.7 Å². The number of nitrogens with zero attached hydrogens (tertiary/aromatic N) is 2. The fourth-order valence-electron chi connectivity index (χ4n) is 1.56. The maximum absolute atomic E-state index is 12.2.